The van der Waals surface area contributed by atoms with E-state index in [2.05, 4.69) is 10.5 Å². The van der Waals surface area contributed by atoms with Crippen molar-refractivity contribution in [2.75, 3.05) is 6.67 Å². The van der Waals surface area contributed by atoms with Crippen molar-refractivity contribution in [1.29, 1.82) is 0 Å². The van der Waals surface area contributed by atoms with Crippen LogP contribution in [0.2, 0.25) is 0 Å². The van der Waals surface area contributed by atoms with Gasteiger partial charge in [-0.1, -0.05) is 35.5 Å². The van der Waals surface area contributed by atoms with Crippen LogP contribution < -0.4 is 5.32 Å². The summed E-state index contributed by atoms with van der Waals surface area (Å²) >= 11 is 0. The highest BCUT2D eigenvalue weighted by molar-refractivity contribution is 5.16. The molecule has 0 saturated heterocycles. The van der Waals surface area contributed by atoms with Crippen LogP contribution in [-0.2, 0) is 0 Å². The lowest BCUT2D eigenvalue weighted by Gasteiger charge is -2.09. The third kappa shape index (κ3) is 2.41. The Kier molecular flexibility index (Phi) is 3.37. The minimum atomic E-state index is -0.816. The van der Waals surface area contributed by atoms with Gasteiger partial charge in [-0.3, -0.25) is 5.32 Å². The molecule has 0 aliphatic heterocycles. The molecule has 1 atom stereocenters. The number of benzene rings is 1. The van der Waals surface area contributed by atoms with E-state index in [9.17, 15) is 10.0 Å². The second-order valence-electron chi connectivity index (χ2n) is 2.30. The minimum absolute atomic E-state index is 0.0872. The predicted molar refractivity (Wildman–Crippen MR) is 45.2 cm³/mol. The van der Waals surface area contributed by atoms with Crippen molar-refractivity contribution < 1.29 is 5.11 Å². The SMILES string of the molecule is O=NCNC(O)c1ccccc1. The van der Waals surface area contributed by atoms with E-state index in [1.807, 2.05) is 18.2 Å². The number of hydrogen-bond acceptors (Lipinski definition) is 4. The second kappa shape index (κ2) is 4.58. The van der Waals surface area contributed by atoms with E-state index in [4.69, 9.17) is 0 Å². The smallest absolute Gasteiger partial charge is 0.133 e. The molecule has 0 heterocycles. The lowest BCUT2D eigenvalue weighted by atomic mass is 10.2. The van der Waals surface area contributed by atoms with Crippen LogP contribution in [0.3, 0.4) is 0 Å². The van der Waals surface area contributed by atoms with E-state index in [1.54, 1.807) is 12.1 Å². The molecule has 1 rings (SSSR count). The summed E-state index contributed by atoms with van der Waals surface area (Å²) in [5.74, 6) is 0. The molecule has 0 amide bonds. The summed E-state index contributed by atoms with van der Waals surface area (Å²) in [6, 6.07) is 9.02. The average Bonchev–Trinajstić information content (AvgIpc) is 2.15. The number of rotatable bonds is 4. The first-order chi connectivity index (χ1) is 5.84. The molecule has 1 unspecified atom stereocenters. The predicted octanol–water partition coefficient (Wildman–Crippen LogP) is 0.991. The van der Waals surface area contributed by atoms with Crippen molar-refractivity contribution in [3.63, 3.8) is 0 Å². The fraction of sp³-hybridized carbons (Fsp3) is 0.250. The number of nitroso groups, excluding NO2 is 1. The number of nitrogens with zero attached hydrogens (tertiary/aromatic N) is 1. The first kappa shape index (κ1) is 8.83. The number of hydrogen-bond donors (Lipinski definition) is 2. The normalized spacial score (nSPS) is 12.4. The molecule has 0 aliphatic carbocycles. The lowest BCUT2D eigenvalue weighted by Crippen LogP contribution is -2.20. The van der Waals surface area contributed by atoms with Gasteiger partial charge in [-0.05, 0) is 5.56 Å². The third-order valence-electron chi connectivity index (χ3n) is 1.46. The van der Waals surface area contributed by atoms with Crippen LogP contribution in [0.25, 0.3) is 0 Å². The molecule has 0 radical (unpaired) electrons. The number of aliphatic hydroxyl groups excluding tert-OH is 1. The first-order valence-corrected chi connectivity index (χ1v) is 3.60. The number of nitrogens with one attached hydrogen (secondary N) is 1. The topological polar surface area (TPSA) is 61.7 Å². The van der Waals surface area contributed by atoms with Crippen LogP contribution in [0.15, 0.2) is 35.5 Å². The zero-order valence-corrected chi connectivity index (χ0v) is 6.47. The fourth-order valence-corrected chi connectivity index (χ4v) is 0.877. The maximum absolute atomic E-state index is 9.72. The van der Waals surface area contributed by atoms with E-state index in [0.717, 1.165) is 5.56 Å². The van der Waals surface area contributed by atoms with Crippen LogP contribution in [0.5, 0.6) is 0 Å². The maximum atomic E-state index is 9.72. The highest BCUT2D eigenvalue weighted by Gasteiger charge is 2.03. The van der Waals surface area contributed by atoms with Crippen LogP contribution in [0.1, 0.15) is 11.8 Å². The summed E-state index contributed by atoms with van der Waals surface area (Å²) < 4.78 is 0. The molecular formula is C8H10N2O2. The Hall–Kier alpha value is -1.26. The van der Waals surface area contributed by atoms with Gasteiger partial charge in [0.05, 0.1) is 0 Å². The summed E-state index contributed by atoms with van der Waals surface area (Å²) in [4.78, 5) is 9.72. The standard InChI is InChI=1S/C8H10N2O2/c11-8(9-6-10-12)7-4-2-1-3-5-7/h1-5,8-9,11H,6H2. The van der Waals surface area contributed by atoms with Gasteiger partial charge in [0.15, 0.2) is 0 Å². The van der Waals surface area contributed by atoms with Crippen molar-refractivity contribution in [3.05, 3.63) is 40.8 Å². The minimum Gasteiger partial charge on any atom is -0.374 e. The Bertz CT molecular complexity index is 238. The lowest BCUT2D eigenvalue weighted by molar-refractivity contribution is 0.140. The Labute approximate surface area is 70.2 Å². The summed E-state index contributed by atoms with van der Waals surface area (Å²) in [6.07, 6.45) is -0.816. The summed E-state index contributed by atoms with van der Waals surface area (Å²) in [7, 11) is 0. The zero-order valence-electron chi connectivity index (χ0n) is 6.47. The molecule has 0 saturated carbocycles. The molecule has 4 heteroatoms. The number of aliphatic hydroxyl groups is 1. The fourth-order valence-electron chi connectivity index (χ4n) is 0.877. The second-order valence-corrected chi connectivity index (χ2v) is 2.30. The maximum Gasteiger partial charge on any atom is 0.133 e. The first-order valence-electron chi connectivity index (χ1n) is 3.60. The largest absolute Gasteiger partial charge is 0.374 e. The van der Waals surface area contributed by atoms with Crippen molar-refractivity contribution in [2.24, 2.45) is 5.18 Å². The molecule has 4 nitrogen and oxygen atoms in total. The van der Waals surface area contributed by atoms with Gasteiger partial charge < -0.3 is 5.11 Å². The van der Waals surface area contributed by atoms with Crippen molar-refractivity contribution in [3.8, 4) is 0 Å². The van der Waals surface area contributed by atoms with E-state index in [-0.39, 0.29) is 6.67 Å². The summed E-state index contributed by atoms with van der Waals surface area (Å²) in [5.41, 5.74) is 0.723. The molecule has 0 bridgehead atoms. The molecule has 1 aromatic rings. The summed E-state index contributed by atoms with van der Waals surface area (Å²) in [6.45, 7) is -0.0872. The van der Waals surface area contributed by atoms with Crippen LogP contribution in [0.4, 0.5) is 0 Å². The Morgan fingerprint density at radius 3 is 2.67 bits per heavy atom. The van der Waals surface area contributed by atoms with Crippen molar-refractivity contribution in [2.45, 2.75) is 6.23 Å². The zero-order chi connectivity index (χ0) is 8.81. The quantitative estimate of drug-likeness (QED) is 0.518. The van der Waals surface area contributed by atoms with E-state index >= 15 is 0 Å². The average molecular weight is 166 g/mol. The van der Waals surface area contributed by atoms with Crippen molar-refractivity contribution in [1.82, 2.24) is 5.32 Å². The highest BCUT2D eigenvalue weighted by atomic mass is 16.3. The highest BCUT2D eigenvalue weighted by Crippen LogP contribution is 2.07. The monoisotopic (exact) mass is 166 g/mol. The Morgan fingerprint density at radius 1 is 1.42 bits per heavy atom. The van der Waals surface area contributed by atoms with Gasteiger partial charge in [-0.15, -0.1) is 4.91 Å². The molecule has 0 aromatic heterocycles. The molecule has 2 N–H and O–H groups in total. The van der Waals surface area contributed by atoms with Gasteiger partial charge in [-0.2, -0.15) is 0 Å². The summed E-state index contributed by atoms with van der Waals surface area (Å²) in [5, 5.41) is 14.4. The molecule has 0 spiro atoms. The van der Waals surface area contributed by atoms with Gasteiger partial charge in [0.2, 0.25) is 0 Å². The Morgan fingerprint density at radius 2 is 2.08 bits per heavy atom. The molecule has 12 heavy (non-hydrogen) atoms. The van der Waals surface area contributed by atoms with E-state index in [0.29, 0.717) is 0 Å². The molecule has 0 aliphatic rings. The molecular weight excluding hydrogens is 156 g/mol. The van der Waals surface area contributed by atoms with Gasteiger partial charge in [-0.25, -0.2) is 0 Å². The van der Waals surface area contributed by atoms with E-state index < -0.39 is 6.23 Å². The molecule has 64 valence electrons. The van der Waals surface area contributed by atoms with Gasteiger partial charge >= 0.3 is 0 Å². The van der Waals surface area contributed by atoms with Crippen LogP contribution >= 0.6 is 0 Å². The van der Waals surface area contributed by atoms with E-state index in [1.165, 1.54) is 0 Å². The van der Waals surface area contributed by atoms with Crippen LogP contribution in [0, 0.1) is 4.91 Å². The van der Waals surface area contributed by atoms with Crippen LogP contribution in [-0.4, -0.2) is 11.8 Å². The molecule has 1 aromatic carbocycles. The van der Waals surface area contributed by atoms with Gasteiger partial charge in [0.1, 0.15) is 12.9 Å². The molecule has 0 fully saturated rings. The van der Waals surface area contributed by atoms with Gasteiger partial charge in [0, 0.05) is 0 Å². The van der Waals surface area contributed by atoms with Gasteiger partial charge in [0.25, 0.3) is 0 Å². The third-order valence-corrected chi connectivity index (χ3v) is 1.46. The van der Waals surface area contributed by atoms with Crippen molar-refractivity contribution >= 4 is 0 Å². The Balaban J connectivity index is 2.53.